The predicted molar refractivity (Wildman–Crippen MR) is 127 cm³/mol. The second-order valence-electron chi connectivity index (χ2n) is 9.10. The van der Waals surface area contributed by atoms with Crippen molar-refractivity contribution in [3.05, 3.63) is 100.0 Å². The summed E-state index contributed by atoms with van der Waals surface area (Å²) >= 11 is 0. The topological polar surface area (TPSA) is 71.2 Å². The maximum atomic E-state index is 12.8. The summed E-state index contributed by atoms with van der Waals surface area (Å²) in [5.41, 5.74) is 3.51. The highest BCUT2D eigenvalue weighted by Gasteiger charge is 2.21. The molecule has 0 spiro atoms. The number of hydrogen-bond acceptors (Lipinski definition) is 3. The molecular weight excluding hydrogens is 400 g/mol. The number of benzene rings is 2. The van der Waals surface area contributed by atoms with Crippen molar-refractivity contribution in [1.29, 1.82) is 0 Å². The third-order valence-electron chi connectivity index (χ3n) is 5.59. The average Bonchev–Trinajstić information content (AvgIpc) is 3.18. The van der Waals surface area contributed by atoms with Gasteiger partial charge in [-0.1, -0.05) is 69.3 Å². The Balaban J connectivity index is 1.70. The quantitative estimate of drug-likeness (QED) is 0.589. The number of aromatic nitrogens is 1. The lowest BCUT2D eigenvalue weighted by molar-refractivity contribution is -0.119. The average molecular weight is 429 g/mol. The van der Waals surface area contributed by atoms with Gasteiger partial charge in [0.15, 0.2) is 5.75 Å². The summed E-state index contributed by atoms with van der Waals surface area (Å²) in [4.78, 5) is 27.5. The van der Waals surface area contributed by atoms with Gasteiger partial charge in [0.25, 0.3) is 5.56 Å². The van der Waals surface area contributed by atoms with Crippen LogP contribution >= 0.6 is 0 Å². The maximum absolute atomic E-state index is 12.8. The van der Waals surface area contributed by atoms with Gasteiger partial charge in [-0.3, -0.25) is 9.59 Å². The Bertz CT molecular complexity index is 1190. The van der Waals surface area contributed by atoms with Crippen LogP contribution in [0.4, 0.5) is 0 Å². The molecule has 2 aromatic carbocycles. The minimum absolute atomic E-state index is 0.0482. The van der Waals surface area contributed by atoms with E-state index in [1.807, 2.05) is 30.3 Å². The Morgan fingerprint density at radius 1 is 0.969 bits per heavy atom. The van der Waals surface area contributed by atoms with Crippen LogP contribution in [0.1, 0.15) is 50.4 Å². The van der Waals surface area contributed by atoms with Gasteiger partial charge >= 0.3 is 0 Å². The Morgan fingerprint density at radius 3 is 2.28 bits per heavy atom. The van der Waals surface area contributed by atoms with Crippen LogP contribution in [0.15, 0.2) is 77.6 Å². The van der Waals surface area contributed by atoms with Crippen LogP contribution in [-0.2, 0) is 10.2 Å². The van der Waals surface area contributed by atoms with Gasteiger partial charge in [0.05, 0.1) is 0 Å². The molecule has 3 aromatic rings. The maximum Gasteiger partial charge on any atom is 0.291 e. The molecule has 0 aliphatic carbocycles. The summed E-state index contributed by atoms with van der Waals surface area (Å²) in [7, 11) is 0. The molecule has 1 aliphatic heterocycles. The van der Waals surface area contributed by atoms with Gasteiger partial charge in [0, 0.05) is 23.7 Å². The van der Waals surface area contributed by atoms with Gasteiger partial charge in [0.2, 0.25) is 5.91 Å². The summed E-state index contributed by atoms with van der Waals surface area (Å²) in [6.07, 6.45) is 3.28. The van der Waals surface area contributed by atoms with E-state index in [-0.39, 0.29) is 28.7 Å². The van der Waals surface area contributed by atoms with Crippen molar-refractivity contribution in [2.75, 3.05) is 0 Å². The molecule has 1 fully saturated rings. The Kier molecular flexibility index (Phi) is 5.99. The summed E-state index contributed by atoms with van der Waals surface area (Å²) in [6.45, 7) is 6.53. The minimum atomic E-state index is -0.306. The number of H-pyrrole nitrogens is 1. The largest absolute Gasteiger partial charge is 0.452 e. The van der Waals surface area contributed by atoms with Crippen LogP contribution < -0.4 is 15.6 Å². The highest BCUT2D eigenvalue weighted by atomic mass is 16.5. The van der Waals surface area contributed by atoms with E-state index in [2.05, 4.69) is 55.3 Å². The molecule has 5 heteroatoms. The molecule has 4 rings (SSSR count). The highest BCUT2D eigenvalue weighted by Crippen LogP contribution is 2.28. The van der Waals surface area contributed by atoms with E-state index in [0.29, 0.717) is 17.9 Å². The summed E-state index contributed by atoms with van der Waals surface area (Å²) < 4.78 is 5.73. The Morgan fingerprint density at radius 2 is 1.69 bits per heavy atom. The fraction of sp³-hybridized carbons (Fsp3) is 0.259. The SMILES string of the molecule is CC(C)(C)c1ccc(/C(=C/[C@H]2CCC(=O)N2)c2ccc(Oc3ccccc3)c(=O)[nH]2)cc1. The van der Waals surface area contributed by atoms with Crippen LogP contribution in [0.5, 0.6) is 11.5 Å². The third kappa shape index (κ3) is 4.99. The molecule has 2 N–H and O–H groups in total. The van der Waals surface area contributed by atoms with Crippen molar-refractivity contribution in [3.8, 4) is 11.5 Å². The number of carbonyl (C=O) groups is 1. The molecule has 0 unspecified atom stereocenters. The van der Waals surface area contributed by atoms with Crippen molar-refractivity contribution in [3.63, 3.8) is 0 Å². The molecule has 0 radical (unpaired) electrons. The van der Waals surface area contributed by atoms with Gasteiger partial charge in [-0.25, -0.2) is 0 Å². The van der Waals surface area contributed by atoms with Crippen LogP contribution in [-0.4, -0.2) is 16.9 Å². The molecule has 5 nitrogen and oxygen atoms in total. The first-order chi connectivity index (χ1) is 15.3. The van der Waals surface area contributed by atoms with Crippen LogP contribution in [0.2, 0.25) is 0 Å². The number of ether oxygens (including phenoxy) is 1. The van der Waals surface area contributed by atoms with Gasteiger partial charge < -0.3 is 15.0 Å². The number of hydrogen-bond donors (Lipinski definition) is 2. The number of carbonyl (C=O) groups excluding carboxylic acids is 1. The first-order valence-corrected chi connectivity index (χ1v) is 10.9. The van der Waals surface area contributed by atoms with Crippen LogP contribution in [0.3, 0.4) is 0 Å². The molecule has 2 heterocycles. The predicted octanol–water partition coefficient (Wildman–Crippen LogP) is 5.18. The van der Waals surface area contributed by atoms with Crippen LogP contribution in [0, 0.1) is 0 Å². The molecule has 164 valence electrons. The number of para-hydroxylation sites is 1. The molecule has 1 aliphatic rings. The summed E-state index contributed by atoms with van der Waals surface area (Å²) in [5, 5.41) is 2.99. The smallest absolute Gasteiger partial charge is 0.291 e. The third-order valence-corrected chi connectivity index (χ3v) is 5.59. The van der Waals surface area contributed by atoms with Crippen LogP contribution in [0.25, 0.3) is 5.57 Å². The monoisotopic (exact) mass is 428 g/mol. The van der Waals surface area contributed by atoms with Crippen molar-refractivity contribution >= 4 is 11.5 Å². The zero-order valence-corrected chi connectivity index (χ0v) is 18.6. The van der Waals surface area contributed by atoms with Gasteiger partial charge in [-0.15, -0.1) is 0 Å². The first-order valence-electron chi connectivity index (χ1n) is 10.9. The normalized spacial score (nSPS) is 16.7. The first kappa shape index (κ1) is 21.6. The van der Waals surface area contributed by atoms with E-state index in [1.165, 1.54) is 5.56 Å². The molecule has 32 heavy (non-hydrogen) atoms. The minimum Gasteiger partial charge on any atom is -0.452 e. The van der Waals surface area contributed by atoms with Crippen molar-refractivity contribution in [2.45, 2.75) is 45.1 Å². The van der Waals surface area contributed by atoms with E-state index in [1.54, 1.807) is 18.2 Å². The van der Waals surface area contributed by atoms with Gasteiger partial charge in [0.1, 0.15) is 5.75 Å². The van der Waals surface area contributed by atoms with E-state index in [0.717, 1.165) is 17.6 Å². The second-order valence-corrected chi connectivity index (χ2v) is 9.10. The molecule has 1 atom stereocenters. The lowest BCUT2D eigenvalue weighted by Gasteiger charge is -2.20. The number of amides is 1. The summed E-state index contributed by atoms with van der Waals surface area (Å²) in [5.74, 6) is 0.887. The molecule has 1 aromatic heterocycles. The van der Waals surface area contributed by atoms with Crippen molar-refractivity contribution < 1.29 is 9.53 Å². The lowest BCUT2D eigenvalue weighted by atomic mass is 9.86. The van der Waals surface area contributed by atoms with Gasteiger partial charge in [-0.05, 0) is 47.2 Å². The zero-order valence-electron chi connectivity index (χ0n) is 18.6. The van der Waals surface area contributed by atoms with Crippen molar-refractivity contribution in [1.82, 2.24) is 10.3 Å². The molecular formula is C27H28N2O3. The van der Waals surface area contributed by atoms with Gasteiger partial charge in [-0.2, -0.15) is 0 Å². The molecule has 1 saturated heterocycles. The molecule has 0 bridgehead atoms. The fourth-order valence-electron chi connectivity index (χ4n) is 3.77. The molecule has 1 amide bonds. The van der Waals surface area contributed by atoms with Crippen molar-refractivity contribution in [2.24, 2.45) is 0 Å². The fourth-order valence-corrected chi connectivity index (χ4v) is 3.77. The highest BCUT2D eigenvalue weighted by molar-refractivity contribution is 5.82. The second kappa shape index (κ2) is 8.87. The number of aromatic amines is 1. The number of pyridine rings is 1. The molecule has 0 saturated carbocycles. The number of nitrogens with one attached hydrogen (secondary N) is 2. The Labute approximate surface area is 188 Å². The van der Waals surface area contributed by atoms with E-state index in [9.17, 15) is 9.59 Å². The number of rotatable bonds is 5. The van der Waals surface area contributed by atoms with E-state index >= 15 is 0 Å². The van der Waals surface area contributed by atoms with E-state index < -0.39 is 0 Å². The zero-order chi connectivity index (χ0) is 22.7. The standard InChI is InChI=1S/C27H28N2O3/c1-27(2,3)19-11-9-18(10-12-19)22(17-20-13-16-25(30)28-20)23-14-15-24(26(31)29-23)32-21-7-5-4-6-8-21/h4-12,14-15,17,20H,13,16H2,1-3H3,(H,28,30)(H,29,31)/b22-17-/t20-/m1/s1. The Hall–Kier alpha value is -3.60. The lowest BCUT2D eigenvalue weighted by Crippen LogP contribution is -2.23. The summed E-state index contributed by atoms with van der Waals surface area (Å²) in [6, 6.07) is 21.0. The van der Waals surface area contributed by atoms with E-state index in [4.69, 9.17) is 4.74 Å².